The van der Waals surface area contributed by atoms with E-state index in [0.29, 0.717) is 0 Å². The van der Waals surface area contributed by atoms with Crippen molar-refractivity contribution in [2.75, 3.05) is 13.2 Å². The summed E-state index contributed by atoms with van der Waals surface area (Å²) in [7, 11) is 0. The number of rotatable bonds is 9. The molecular weight excluding hydrogens is 732 g/mol. The Morgan fingerprint density at radius 1 is 0.593 bits per heavy atom. The predicted octanol–water partition coefficient (Wildman–Crippen LogP) is -3.59. The van der Waals surface area contributed by atoms with Crippen LogP contribution in [0, 0.1) is 0 Å². The molecule has 2 aromatic carbocycles. The molecule has 1 aromatic heterocycles. The number of ether oxygens (including phenoxy) is 6. The van der Waals surface area contributed by atoms with Crippen LogP contribution in [0.1, 0.15) is 6.92 Å². The van der Waals surface area contributed by atoms with Crippen LogP contribution in [0.5, 0.6) is 34.5 Å². The molecule has 54 heavy (non-hydrogen) atoms. The zero-order chi connectivity index (χ0) is 39.3. The first-order chi connectivity index (χ1) is 25.5. The maximum Gasteiger partial charge on any atom is 0.402 e. The fourth-order valence-electron chi connectivity index (χ4n) is 6.18. The Balaban J connectivity index is 1.32. The largest absolute Gasteiger partial charge is 0.507 e. The van der Waals surface area contributed by atoms with Gasteiger partial charge in [-0.1, -0.05) is 0 Å². The van der Waals surface area contributed by atoms with Crippen LogP contribution >= 0.6 is 0 Å². The first-order valence-electron chi connectivity index (χ1n) is 16.5. The van der Waals surface area contributed by atoms with Gasteiger partial charge in [0.2, 0.25) is 18.3 Å². The van der Waals surface area contributed by atoms with E-state index in [1.54, 1.807) is 0 Å². The Morgan fingerprint density at radius 2 is 1.15 bits per heavy atom. The molecule has 3 saturated heterocycles. The quantitative estimate of drug-likeness (QED) is 0.0738. The molecule has 21 nitrogen and oxygen atoms in total. The Bertz CT molecular complexity index is 1770. The van der Waals surface area contributed by atoms with Gasteiger partial charge in [-0.25, -0.2) is 4.42 Å². The van der Waals surface area contributed by atoms with E-state index in [2.05, 4.69) is 0 Å². The summed E-state index contributed by atoms with van der Waals surface area (Å²) in [5, 5.41) is 144. The Labute approximate surface area is 303 Å². The lowest BCUT2D eigenvalue weighted by molar-refractivity contribution is -0.318. The minimum Gasteiger partial charge on any atom is -0.507 e. The van der Waals surface area contributed by atoms with Crippen molar-refractivity contribution in [1.82, 2.24) is 0 Å². The third-order valence-corrected chi connectivity index (χ3v) is 9.38. The number of aromatic hydroxyl groups is 4. The topological polar surface area (TPSA) is 350 Å². The second-order valence-corrected chi connectivity index (χ2v) is 13.1. The van der Waals surface area contributed by atoms with E-state index < -0.39 is 128 Å². The molecule has 3 aliphatic heterocycles. The van der Waals surface area contributed by atoms with E-state index in [1.165, 1.54) is 13.0 Å². The first-order valence-corrected chi connectivity index (χ1v) is 16.5. The van der Waals surface area contributed by atoms with Crippen LogP contribution in [0.25, 0.3) is 22.3 Å². The standard InChI is InChI=1S/C33H40O21/c1-9-20(38)24(42)27(45)31(49-9)48-8-19-23(41)26(44)29(47)33(54-19)52-17-6-12-13(35)4-11(50-32-28(46)25(43)22(40)18(7-34)53-32)5-16(12)51-30(17)10-2-14(36)21(39)15(37)3-10/h2-6,9,18-20,22-29,31-34,38,40-47H,7-8H2,1H3,(H3-,35,36,37,39)/p+1/t9-,18+,19+,20-,22+,23+,24+,25-,26-,27+,28+,29+,31+,32+,33+/m0/s1. The monoisotopic (exact) mass is 773 g/mol. The normalized spacial score (nSPS) is 37.3. The molecule has 3 aromatic rings. The van der Waals surface area contributed by atoms with Crippen molar-refractivity contribution in [3.63, 3.8) is 0 Å². The van der Waals surface area contributed by atoms with Crippen molar-refractivity contribution in [3.05, 3.63) is 30.3 Å². The van der Waals surface area contributed by atoms with Gasteiger partial charge in [-0.3, -0.25) is 0 Å². The smallest absolute Gasteiger partial charge is 0.402 e. The number of phenolic OH excluding ortho intramolecular Hbond substituents is 4. The fourth-order valence-corrected chi connectivity index (χ4v) is 6.18. The Kier molecular flexibility index (Phi) is 11.5. The number of aliphatic hydroxyl groups excluding tert-OH is 10. The van der Waals surface area contributed by atoms with Crippen molar-refractivity contribution in [2.24, 2.45) is 0 Å². The minimum atomic E-state index is -1.96. The average Bonchev–Trinajstić information content (AvgIpc) is 3.14. The maximum absolute atomic E-state index is 11.0. The summed E-state index contributed by atoms with van der Waals surface area (Å²) < 4.78 is 39.5. The van der Waals surface area contributed by atoms with Crippen LogP contribution in [0.3, 0.4) is 0 Å². The van der Waals surface area contributed by atoms with E-state index in [4.69, 9.17) is 32.8 Å². The van der Waals surface area contributed by atoms with Gasteiger partial charge in [0.15, 0.2) is 23.5 Å². The Morgan fingerprint density at radius 3 is 1.78 bits per heavy atom. The SMILES string of the molecule is C[C@@H]1O[C@@H](OC[C@H]2O[C@@H](Oc3cc4c(O)cc(O[C@@H]5O[C@H](CO)[C@@H](O)[C@H](O)[C@H]5O)cc4[o+]c3-c3cc(O)c(O)c(O)c3)[C@H](O)[C@@H](O)[C@@H]2O)[C@H](O)[C@H](O)[C@H]1O. The van der Waals surface area contributed by atoms with Crippen LogP contribution in [0.15, 0.2) is 34.7 Å². The second kappa shape index (κ2) is 15.7. The lowest BCUT2D eigenvalue weighted by atomic mass is 9.98. The van der Waals surface area contributed by atoms with Gasteiger partial charge in [-0.2, -0.15) is 0 Å². The van der Waals surface area contributed by atoms with Crippen molar-refractivity contribution in [3.8, 4) is 45.8 Å². The molecule has 0 unspecified atom stereocenters. The number of phenols is 4. The summed E-state index contributed by atoms with van der Waals surface area (Å²) in [6.45, 7) is 0.0591. The number of hydrogen-bond acceptors (Lipinski definition) is 20. The van der Waals surface area contributed by atoms with Crippen LogP contribution in [0.2, 0.25) is 0 Å². The summed E-state index contributed by atoms with van der Waals surface area (Å²) in [6, 6.07) is 5.29. The van der Waals surface area contributed by atoms with E-state index in [9.17, 15) is 71.5 Å². The van der Waals surface area contributed by atoms with Crippen molar-refractivity contribution < 1.29 is 104 Å². The van der Waals surface area contributed by atoms with E-state index in [1.807, 2.05) is 0 Å². The van der Waals surface area contributed by atoms with Crippen LogP contribution in [-0.4, -0.2) is 177 Å². The lowest BCUT2D eigenvalue weighted by Crippen LogP contribution is -2.61. The molecule has 0 radical (unpaired) electrons. The summed E-state index contributed by atoms with van der Waals surface area (Å²) >= 11 is 0. The molecule has 14 N–H and O–H groups in total. The van der Waals surface area contributed by atoms with Crippen molar-refractivity contribution in [2.45, 2.75) is 99.0 Å². The first kappa shape index (κ1) is 39.8. The molecule has 0 bridgehead atoms. The van der Waals surface area contributed by atoms with E-state index >= 15 is 0 Å². The molecule has 21 heteroatoms. The summed E-state index contributed by atoms with van der Waals surface area (Å²) in [6.07, 6.45) is -24.5. The van der Waals surface area contributed by atoms with Gasteiger partial charge in [0.1, 0.15) is 84.0 Å². The highest BCUT2D eigenvalue weighted by Crippen LogP contribution is 2.45. The van der Waals surface area contributed by atoms with Crippen molar-refractivity contribution >= 4 is 11.0 Å². The van der Waals surface area contributed by atoms with Gasteiger partial charge in [0, 0.05) is 24.3 Å². The van der Waals surface area contributed by atoms with Gasteiger partial charge < -0.3 is 99.9 Å². The van der Waals surface area contributed by atoms with Gasteiger partial charge in [-0.05, 0) is 6.92 Å². The fraction of sp³-hybridized carbons (Fsp3) is 0.545. The molecule has 3 aliphatic rings. The van der Waals surface area contributed by atoms with E-state index in [-0.39, 0.29) is 33.8 Å². The van der Waals surface area contributed by atoms with Crippen molar-refractivity contribution in [1.29, 1.82) is 0 Å². The molecule has 0 amide bonds. The zero-order valence-corrected chi connectivity index (χ0v) is 28.1. The molecule has 0 spiro atoms. The number of fused-ring (bicyclic) bond motifs is 1. The average molecular weight is 774 g/mol. The van der Waals surface area contributed by atoms with Crippen LogP contribution in [-0.2, 0) is 18.9 Å². The molecule has 0 saturated carbocycles. The highest BCUT2D eigenvalue weighted by atomic mass is 16.7. The number of hydrogen-bond donors (Lipinski definition) is 14. The Hall–Kier alpha value is -3.91. The molecule has 4 heterocycles. The van der Waals surface area contributed by atoms with E-state index in [0.717, 1.165) is 24.3 Å². The number of benzene rings is 2. The zero-order valence-electron chi connectivity index (χ0n) is 28.1. The van der Waals surface area contributed by atoms with Gasteiger partial charge in [0.25, 0.3) is 0 Å². The highest BCUT2D eigenvalue weighted by molar-refractivity contribution is 5.89. The molecular formula is C33H41O21+. The van der Waals surface area contributed by atoms with Crippen LogP contribution < -0.4 is 9.47 Å². The lowest BCUT2D eigenvalue weighted by Gasteiger charge is -2.42. The highest BCUT2D eigenvalue weighted by Gasteiger charge is 2.49. The molecule has 15 atom stereocenters. The third-order valence-electron chi connectivity index (χ3n) is 9.38. The maximum atomic E-state index is 11.0. The van der Waals surface area contributed by atoms with Gasteiger partial charge in [0.05, 0.1) is 30.9 Å². The van der Waals surface area contributed by atoms with Gasteiger partial charge >= 0.3 is 11.3 Å². The summed E-state index contributed by atoms with van der Waals surface area (Å²) in [5.41, 5.74) is -0.355. The third kappa shape index (κ3) is 7.52. The molecule has 298 valence electrons. The molecule has 6 rings (SSSR count). The second-order valence-electron chi connectivity index (χ2n) is 13.1. The number of aliphatic hydroxyl groups is 10. The molecule has 3 fully saturated rings. The van der Waals surface area contributed by atoms with Gasteiger partial charge in [-0.15, -0.1) is 0 Å². The summed E-state index contributed by atoms with van der Waals surface area (Å²) in [4.78, 5) is 0. The predicted molar refractivity (Wildman–Crippen MR) is 173 cm³/mol. The minimum absolute atomic E-state index is 0.105. The summed E-state index contributed by atoms with van der Waals surface area (Å²) in [5.74, 6) is -4.02. The molecule has 0 aliphatic carbocycles. The van der Waals surface area contributed by atoms with Crippen LogP contribution in [0.4, 0.5) is 0 Å².